The van der Waals surface area contributed by atoms with E-state index in [0.29, 0.717) is 11.1 Å². The van der Waals surface area contributed by atoms with E-state index in [-0.39, 0.29) is 35.6 Å². The highest BCUT2D eigenvalue weighted by atomic mass is 16.6. The Morgan fingerprint density at radius 1 is 0.500 bits per heavy atom. The van der Waals surface area contributed by atoms with Crippen molar-refractivity contribution in [2.24, 2.45) is 0 Å². The molecular formula is C36H34O4. The zero-order valence-electron chi connectivity index (χ0n) is 23.3. The fourth-order valence-corrected chi connectivity index (χ4v) is 6.59. The summed E-state index contributed by atoms with van der Waals surface area (Å²) in [5, 5.41) is 0. The molecule has 4 heteroatoms. The van der Waals surface area contributed by atoms with Crippen LogP contribution in [0.5, 0.6) is 0 Å². The second-order valence-corrected chi connectivity index (χ2v) is 11.4. The fraction of sp³-hybridized carbons (Fsp3) is 0.278. The van der Waals surface area contributed by atoms with Gasteiger partial charge in [0.2, 0.25) is 0 Å². The van der Waals surface area contributed by atoms with Gasteiger partial charge in [-0.2, -0.15) is 0 Å². The predicted octanol–water partition coefficient (Wildman–Crippen LogP) is 7.98. The van der Waals surface area contributed by atoms with Gasteiger partial charge in [-0.15, -0.1) is 0 Å². The van der Waals surface area contributed by atoms with Crippen LogP contribution in [-0.2, 0) is 9.47 Å². The Balaban J connectivity index is 1.46. The molecule has 2 atom stereocenters. The van der Waals surface area contributed by atoms with Crippen molar-refractivity contribution in [1.29, 1.82) is 0 Å². The van der Waals surface area contributed by atoms with Crippen molar-refractivity contribution in [3.8, 4) is 0 Å². The highest BCUT2D eigenvalue weighted by Gasteiger charge is 2.53. The summed E-state index contributed by atoms with van der Waals surface area (Å²) in [6.07, 6.45) is -1.34. The van der Waals surface area contributed by atoms with Gasteiger partial charge in [-0.1, -0.05) is 113 Å². The van der Waals surface area contributed by atoms with Crippen LogP contribution in [0.4, 0.5) is 0 Å². The lowest BCUT2D eigenvalue weighted by Crippen LogP contribution is -2.51. The zero-order chi connectivity index (χ0) is 28.0. The van der Waals surface area contributed by atoms with Crippen LogP contribution >= 0.6 is 0 Å². The van der Waals surface area contributed by atoms with Crippen LogP contribution in [0.15, 0.2) is 97.1 Å². The molecule has 202 valence electrons. The van der Waals surface area contributed by atoms with Crippen molar-refractivity contribution in [3.63, 3.8) is 0 Å². The van der Waals surface area contributed by atoms with Crippen molar-refractivity contribution in [2.45, 2.75) is 63.6 Å². The smallest absolute Gasteiger partial charge is 0.338 e. The Bertz CT molecular complexity index is 1420. The second-order valence-electron chi connectivity index (χ2n) is 11.4. The number of hydrogen-bond donors (Lipinski definition) is 0. The minimum atomic E-state index is -0.669. The molecular weight excluding hydrogens is 496 g/mol. The molecule has 0 saturated heterocycles. The van der Waals surface area contributed by atoms with Gasteiger partial charge in [-0.3, -0.25) is 0 Å². The summed E-state index contributed by atoms with van der Waals surface area (Å²) in [6, 6.07) is 31.7. The van der Waals surface area contributed by atoms with Gasteiger partial charge in [0.15, 0.2) is 12.2 Å². The van der Waals surface area contributed by atoms with Gasteiger partial charge in [-0.05, 0) is 57.3 Å². The molecule has 4 aromatic rings. The van der Waals surface area contributed by atoms with E-state index in [0.717, 1.165) is 33.4 Å². The Hall–Kier alpha value is -4.18. The number of fused-ring (bicyclic) bond motifs is 1. The normalized spacial score (nSPS) is 20.6. The third-order valence-corrected chi connectivity index (χ3v) is 8.40. The third kappa shape index (κ3) is 4.32. The molecule has 0 aliphatic heterocycles. The maximum absolute atomic E-state index is 13.8. The van der Waals surface area contributed by atoms with Crippen LogP contribution < -0.4 is 0 Å². The quantitative estimate of drug-likeness (QED) is 0.237. The van der Waals surface area contributed by atoms with E-state index >= 15 is 0 Å². The van der Waals surface area contributed by atoms with Crippen LogP contribution in [0.3, 0.4) is 0 Å². The standard InChI is InChI=1S/C36H34O4/c1-21(2)23-13-5-11-19-29(23)35(37)39-33-31-25-15-7-9-17-27(25)32(28-18-10-8-16-26(28)31)34(33)40-36(38)30-20-12-6-14-24(30)22(3)4/h5-22,31-34H,1-4H3/t31-,32-,33?,34?. The SMILES string of the molecule is CC(C)c1ccccc1C(=O)OC1C(OC(=O)c2ccccc2C(C)C)[C@H]2c3ccccc3[C@H]1c1ccccc12. The van der Waals surface area contributed by atoms with Crippen LogP contribution in [0.1, 0.15) is 105 Å². The molecule has 2 bridgehead atoms. The van der Waals surface area contributed by atoms with E-state index in [1.807, 2.05) is 72.8 Å². The van der Waals surface area contributed by atoms with Gasteiger partial charge in [0.05, 0.1) is 23.0 Å². The summed E-state index contributed by atoms with van der Waals surface area (Å²) in [6.45, 7) is 8.27. The van der Waals surface area contributed by atoms with E-state index in [4.69, 9.17) is 9.47 Å². The molecule has 4 aromatic carbocycles. The Morgan fingerprint density at radius 3 is 1.12 bits per heavy atom. The number of ether oxygens (including phenoxy) is 2. The molecule has 0 heterocycles. The average Bonchev–Trinajstić information content (AvgIpc) is 2.97. The van der Waals surface area contributed by atoms with E-state index < -0.39 is 12.2 Å². The van der Waals surface area contributed by atoms with Gasteiger partial charge < -0.3 is 9.47 Å². The summed E-state index contributed by atoms with van der Waals surface area (Å²) < 4.78 is 12.9. The van der Waals surface area contributed by atoms with Gasteiger partial charge in [0.25, 0.3) is 0 Å². The average molecular weight is 531 g/mol. The van der Waals surface area contributed by atoms with Gasteiger partial charge in [0, 0.05) is 0 Å². The molecule has 4 nitrogen and oxygen atoms in total. The number of benzene rings is 4. The number of carbonyl (C=O) groups is 2. The minimum absolute atomic E-state index is 0.161. The molecule has 0 aromatic heterocycles. The van der Waals surface area contributed by atoms with E-state index in [1.54, 1.807) is 0 Å². The van der Waals surface area contributed by atoms with Crippen molar-refractivity contribution < 1.29 is 19.1 Å². The Morgan fingerprint density at radius 2 is 0.800 bits per heavy atom. The second kappa shape index (κ2) is 10.4. The number of carbonyl (C=O) groups excluding carboxylic acids is 2. The molecule has 0 spiro atoms. The first-order valence-electron chi connectivity index (χ1n) is 14.1. The largest absolute Gasteiger partial charge is 0.454 e. The molecule has 3 aliphatic rings. The first-order valence-corrected chi connectivity index (χ1v) is 14.1. The number of hydrogen-bond acceptors (Lipinski definition) is 4. The van der Waals surface area contributed by atoms with Crippen molar-refractivity contribution in [3.05, 3.63) is 142 Å². The summed E-state index contributed by atoms with van der Waals surface area (Å²) in [5.41, 5.74) is 7.47. The van der Waals surface area contributed by atoms with Crippen molar-refractivity contribution in [1.82, 2.24) is 0 Å². The van der Waals surface area contributed by atoms with Gasteiger partial charge >= 0.3 is 11.9 Å². The molecule has 0 saturated carbocycles. The molecule has 0 fully saturated rings. The summed E-state index contributed by atoms with van der Waals surface area (Å²) in [7, 11) is 0. The van der Waals surface area contributed by atoms with Gasteiger partial charge in [0.1, 0.15) is 0 Å². The van der Waals surface area contributed by atoms with Crippen LogP contribution in [0, 0.1) is 0 Å². The van der Waals surface area contributed by atoms with Gasteiger partial charge in [-0.25, -0.2) is 9.59 Å². The van der Waals surface area contributed by atoms with E-state index in [1.165, 1.54) is 0 Å². The molecule has 2 unspecified atom stereocenters. The van der Waals surface area contributed by atoms with Crippen LogP contribution in [0.25, 0.3) is 0 Å². The first kappa shape index (κ1) is 26.1. The monoisotopic (exact) mass is 530 g/mol. The van der Waals surface area contributed by atoms with E-state index in [2.05, 4.69) is 52.0 Å². The molecule has 0 radical (unpaired) electrons. The Labute approximate surface area is 236 Å². The van der Waals surface area contributed by atoms with Crippen LogP contribution in [-0.4, -0.2) is 24.1 Å². The van der Waals surface area contributed by atoms with Crippen molar-refractivity contribution in [2.75, 3.05) is 0 Å². The molecule has 40 heavy (non-hydrogen) atoms. The summed E-state index contributed by atoms with van der Waals surface area (Å²) >= 11 is 0. The summed E-state index contributed by atoms with van der Waals surface area (Å²) in [4.78, 5) is 27.6. The zero-order valence-corrected chi connectivity index (χ0v) is 23.3. The lowest BCUT2D eigenvalue weighted by atomic mass is 9.61. The molecule has 0 amide bonds. The fourth-order valence-electron chi connectivity index (χ4n) is 6.59. The number of esters is 2. The third-order valence-electron chi connectivity index (χ3n) is 8.40. The lowest BCUT2D eigenvalue weighted by molar-refractivity contribution is -0.0558. The number of rotatable bonds is 6. The maximum atomic E-state index is 13.8. The molecule has 7 rings (SSSR count). The topological polar surface area (TPSA) is 52.6 Å². The summed E-state index contributed by atoms with van der Waals surface area (Å²) in [5.74, 6) is -0.944. The predicted molar refractivity (Wildman–Crippen MR) is 156 cm³/mol. The maximum Gasteiger partial charge on any atom is 0.338 e. The lowest BCUT2D eigenvalue weighted by Gasteiger charge is -2.49. The molecule has 0 N–H and O–H groups in total. The van der Waals surface area contributed by atoms with Crippen LogP contribution in [0.2, 0.25) is 0 Å². The Kier molecular flexibility index (Phi) is 6.79. The van der Waals surface area contributed by atoms with E-state index in [9.17, 15) is 9.59 Å². The van der Waals surface area contributed by atoms with Crippen molar-refractivity contribution >= 4 is 11.9 Å². The highest BCUT2D eigenvalue weighted by molar-refractivity contribution is 5.93. The first-order chi connectivity index (χ1) is 19.4. The molecule has 3 aliphatic carbocycles. The highest BCUT2D eigenvalue weighted by Crippen LogP contribution is 2.55. The minimum Gasteiger partial charge on any atom is -0.454 e.